The zero-order chi connectivity index (χ0) is 30.6. The number of nitriles is 1. The first kappa shape index (κ1) is 28.7. The molecule has 0 bridgehead atoms. The predicted octanol–water partition coefficient (Wildman–Crippen LogP) is 8.32. The molecule has 1 saturated carbocycles. The van der Waals surface area contributed by atoms with E-state index in [4.69, 9.17) is 9.97 Å². The Morgan fingerprint density at radius 2 is 1.47 bits per heavy atom. The number of imidazole rings is 1. The fourth-order valence-electron chi connectivity index (χ4n) is 6.68. The molecule has 2 heterocycles. The molecule has 6 nitrogen and oxygen atoms in total. The molecule has 1 fully saturated rings. The largest absolute Gasteiger partial charge is 0.319 e. The highest BCUT2D eigenvalue weighted by Gasteiger charge is 2.39. The van der Waals surface area contributed by atoms with Gasteiger partial charge in [0.15, 0.2) is 5.13 Å². The number of hydrogen-bond acceptors (Lipinski definition) is 5. The Morgan fingerprint density at radius 3 is 2.04 bits per heavy atom. The van der Waals surface area contributed by atoms with Crippen molar-refractivity contribution in [3.05, 3.63) is 150 Å². The molecule has 0 unspecified atom stereocenters. The second-order valence-corrected chi connectivity index (χ2v) is 12.6. The molecule has 0 aliphatic heterocycles. The zero-order valence-corrected chi connectivity index (χ0v) is 25.7. The van der Waals surface area contributed by atoms with Crippen LogP contribution in [0.15, 0.2) is 122 Å². The molecule has 0 N–H and O–H groups in total. The minimum absolute atomic E-state index is 0.0282. The number of benzene rings is 4. The third kappa shape index (κ3) is 5.43. The van der Waals surface area contributed by atoms with E-state index in [1.165, 1.54) is 17.8 Å². The molecule has 0 atom stereocenters. The van der Waals surface area contributed by atoms with Crippen LogP contribution in [0.2, 0.25) is 0 Å². The van der Waals surface area contributed by atoms with Crippen LogP contribution in [-0.2, 0) is 16.9 Å². The van der Waals surface area contributed by atoms with Crippen molar-refractivity contribution in [3.8, 4) is 6.07 Å². The van der Waals surface area contributed by atoms with Crippen LogP contribution in [0.1, 0.15) is 60.1 Å². The van der Waals surface area contributed by atoms with Gasteiger partial charge in [0, 0.05) is 12.1 Å². The highest BCUT2D eigenvalue weighted by Crippen LogP contribution is 2.41. The molecule has 45 heavy (non-hydrogen) atoms. The average Bonchev–Trinajstić information content (AvgIpc) is 3.76. The number of aromatic nitrogens is 3. The van der Waals surface area contributed by atoms with E-state index in [0.717, 1.165) is 58.3 Å². The summed E-state index contributed by atoms with van der Waals surface area (Å²) < 4.78 is 3.08. The molecule has 2 aromatic heterocycles. The lowest BCUT2D eigenvalue weighted by Crippen LogP contribution is -2.37. The Hall–Kier alpha value is -5.06. The Kier molecular flexibility index (Phi) is 7.98. The lowest BCUT2D eigenvalue weighted by molar-refractivity contribution is -0.123. The quantitative estimate of drug-likeness (QED) is 0.163. The van der Waals surface area contributed by atoms with Crippen molar-refractivity contribution in [1.29, 1.82) is 5.26 Å². The van der Waals surface area contributed by atoms with Gasteiger partial charge in [-0.3, -0.25) is 9.69 Å². The number of amides is 1. The van der Waals surface area contributed by atoms with Gasteiger partial charge in [-0.25, -0.2) is 9.97 Å². The minimum Gasteiger partial charge on any atom is -0.319 e. The first-order valence-corrected chi connectivity index (χ1v) is 16.3. The Balaban J connectivity index is 1.34. The van der Waals surface area contributed by atoms with Crippen LogP contribution >= 0.6 is 11.3 Å². The SMILES string of the molecule is N#Cc1ccc2nc(N(Cc3cn(C(c4ccccc4)(c4ccccc4)c4ccccc4)cn3)C(=O)C3CCCCC3)sc2c1. The van der Waals surface area contributed by atoms with Gasteiger partial charge in [-0.1, -0.05) is 122 Å². The third-order valence-electron chi connectivity index (χ3n) is 8.88. The highest BCUT2D eigenvalue weighted by atomic mass is 32.1. The summed E-state index contributed by atoms with van der Waals surface area (Å²) in [6.07, 6.45) is 9.07. The second-order valence-electron chi connectivity index (χ2n) is 11.6. The summed E-state index contributed by atoms with van der Waals surface area (Å²) in [4.78, 5) is 25.8. The van der Waals surface area contributed by atoms with Gasteiger partial charge in [-0.2, -0.15) is 5.26 Å². The highest BCUT2D eigenvalue weighted by molar-refractivity contribution is 7.22. The fourth-order valence-corrected chi connectivity index (χ4v) is 7.69. The van der Waals surface area contributed by atoms with Crippen molar-refractivity contribution in [3.63, 3.8) is 0 Å². The lowest BCUT2D eigenvalue weighted by atomic mass is 9.77. The number of carbonyl (C=O) groups is 1. The van der Waals surface area contributed by atoms with Crippen LogP contribution in [0.5, 0.6) is 0 Å². The number of rotatable bonds is 8. The maximum Gasteiger partial charge on any atom is 0.232 e. The molecule has 222 valence electrons. The Bertz CT molecular complexity index is 1860. The van der Waals surface area contributed by atoms with Gasteiger partial charge in [0.1, 0.15) is 5.54 Å². The monoisotopic (exact) mass is 607 g/mol. The van der Waals surface area contributed by atoms with Crippen LogP contribution in [0, 0.1) is 17.2 Å². The Morgan fingerprint density at radius 1 is 0.867 bits per heavy atom. The number of fused-ring (bicyclic) bond motifs is 1. The fraction of sp³-hybridized carbons (Fsp3) is 0.211. The van der Waals surface area contributed by atoms with Crippen LogP contribution < -0.4 is 4.90 Å². The molecule has 0 saturated heterocycles. The van der Waals surface area contributed by atoms with Gasteiger partial charge < -0.3 is 4.57 Å². The molecule has 1 amide bonds. The molecule has 4 aromatic carbocycles. The van der Waals surface area contributed by atoms with Gasteiger partial charge in [0.2, 0.25) is 5.91 Å². The van der Waals surface area contributed by atoms with E-state index in [1.807, 2.05) is 41.6 Å². The number of hydrogen-bond donors (Lipinski definition) is 0. The molecule has 7 rings (SSSR count). The first-order valence-electron chi connectivity index (χ1n) is 15.5. The standard InChI is InChI=1S/C38H33N5OS/c39-24-28-21-22-34-35(23-28)45-37(41-34)43(36(44)29-13-5-1-6-14-29)26-33-25-42(27-40-33)38(30-15-7-2-8-16-30,31-17-9-3-10-18-31)32-19-11-4-12-20-32/h2-4,7-12,15-23,25,27,29H,1,5-6,13-14,26H2. The number of carbonyl (C=O) groups excluding carboxylic acids is 1. The molecule has 1 aliphatic carbocycles. The smallest absolute Gasteiger partial charge is 0.232 e. The van der Waals surface area contributed by atoms with Crippen molar-refractivity contribution in [1.82, 2.24) is 14.5 Å². The van der Waals surface area contributed by atoms with Crippen LogP contribution in [0.3, 0.4) is 0 Å². The predicted molar refractivity (Wildman–Crippen MR) is 179 cm³/mol. The maximum atomic E-state index is 14.2. The van der Waals surface area contributed by atoms with E-state index in [1.54, 1.807) is 6.07 Å². The third-order valence-corrected chi connectivity index (χ3v) is 9.92. The second kappa shape index (κ2) is 12.5. The summed E-state index contributed by atoms with van der Waals surface area (Å²) >= 11 is 1.46. The summed E-state index contributed by atoms with van der Waals surface area (Å²) in [6.45, 7) is 0.307. The molecule has 6 aromatic rings. The maximum absolute atomic E-state index is 14.2. The molecule has 1 aliphatic rings. The summed E-state index contributed by atoms with van der Waals surface area (Å²) in [6, 6.07) is 39.2. The van der Waals surface area contributed by atoms with Gasteiger partial charge >= 0.3 is 0 Å². The average molecular weight is 608 g/mol. The van der Waals surface area contributed by atoms with Crippen molar-refractivity contribution < 1.29 is 4.79 Å². The zero-order valence-electron chi connectivity index (χ0n) is 24.9. The van der Waals surface area contributed by atoms with Gasteiger partial charge in [-0.05, 0) is 47.7 Å². The van der Waals surface area contributed by atoms with Crippen molar-refractivity contribution in [2.24, 2.45) is 5.92 Å². The summed E-state index contributed by atoms with van der Waals surface area (Å²) in [5.74, 6) is 0.0730. The molecule has 0 spiro atoms. The Labute approximate surface area is 267 Å². The van der Waals surface area contributed by atoms with E-state index in [2.05, 4.69) is 89.6 Å². The van der Waals surface area contributed by atoms with Crippen molar-refractivity contribution in [2.45, 2.75) is 44.2 Å². The van der Waals surface area contributed by atoms with E-state index >= 15 is 0 Å². The van der Waals surface area contributed by atoms with Gasteiger partial charge in [0.25, 0.3) is 0 Å². The molecule has 0 radical (unpaired) electrons. The van der Waals surface area contributed by atoms with E-state index in [0.29, 0.717) is 17.2 Å². The molecular weight excluding hydrogens is 575 g/mol. The van der Waals surface area contributed by atoms with Gasteiger partial charge in [-0.15, -0.1) is 0 Å². The summed E-state index contributed by atoms with van der Waals surface area (Å²) in [7, 11) is 0. The van der Waals surface area contributed by atoms with E-state index < -0.39 is 5.54 Å². The summed E-state index contributed by atoms with van der Waals surface area (Å²) in [5.41, 5.74) is 4.81. The van der Waals surface area contributed by atoms with Gasteiger partial charge in [0.05, 0.1) is 40.4 Å². The van der Waals surface area contributed by atoms with Crippen LogP contribution in [0.4, 0.5) is 5.13 Å². The number of nitrogens with zero attached hydrogens (tertiary/aromatic N) is 5. The number of thiazole rings is 1. The minimum atomic E-state index is -0.684. The van der Waals surface area contributed by atoms with Crippen molar-refractivity contribution >= 4 is 32.6 Å². The van der Waals surface area contributed by atoms with Crippen LogP contribution in [0.25, 0.3) is 10.2 Å². The lowest BCUT2D eigenvalue weighted by Gasteiger charge is -2.37. The van der Waals surface area contributed by atoms with Crippen LogP contribution in [-0.4, -0.2) is 20.4 Å². The van der Waals surface area contributed by atoms with Crippen molar-refractivity contribution in [2.75, 3.05) is 4.90 Å². The normalized spacial score (nSPS) is 13.8. The van der Waals surface area contributed by atoms with E-state index in [9.17, 15) is 10.1 Å². The summed E-state index contributed by atoms with van der Waals surface area (Å²) in [5, 5.41) is 10.1. The first-order chi connectivity index (χ1) is 22.2. The number of anilines is 1. The molecule has 7 heteroatoms. The topological polar surface area (TPSA) is 74.8 Å². The molecular formula is C38H33N5OS. The van der Waals surface area contributed by atoms with E-state index in [-0.39, 0.29) is 11.8 Å².